The zero-order valence-electron chi connectivity index (χ0n) is 13.9. The van der Waals surface area contributed by atoms with E-state index in [-0.39, 0.29) is 12.5 Å². The Morgan fingerprint density at radius 1 is 1.33 bits per heavy atom. The number of hydrogen-bond donors (Lipinski definition) is 0. The van der Waals surface area contributed by atoms with Crippen LogP contribution in [-0.2, 0) is 16.0 Å². The third-order valence-electron chi connectivity index (χ3n) is 4.36. The lowest BCUT2D eigenvalue weighted by Gasteiger charge is -2.34. The highest BCUT2D eigenvalue weighted by Crippen LogP contribution is 2.33. The van der Waals surface area contributed by atoms with Crippen molar-refractivity contribution in [3.63, 3.8) is 0 Å². The topological polar surface area (TPSA) is 46.6 Å². The predicted octanol–water partition coefficient (Wildman–Crippen LogP) is 4.32. The Balaban J connectivity index is 2.16. The number of halogens is 1. The molecule has 24 heavy (non-hydrogen) atoms. The Labute approximate surface area is 148 Å². The van der Waals surface area contributed by atoms with E-state index in [1.807, 2.05) is 36.4 Å². The van der Waals surface area contributed by atoms with Gasteiger partial charge in [0.25, 0.3) is 0 Å². The van der Waals surface area contributed by atoms with Crippen molar-refractivity contribution in [3.05, 3.63) is 48.6 Å². The molecule has 0 aromatic heterocycles. The van der Waals surface area contributed by atoms with Gasteiger partial charge in [-0.05, 0) is 37.7 Å². The average Bonchev–Trinajstić information content (AvgIpc) is 2.89. The first-order valence-corrected chi connectivity index (χ1v) is 8.87. The zero-order chi connectivity index (χ0) is 17.4. The number of rotatable bonds is 9. The fraction of sp³-hybridized carbons (Fsp3) is 0.474. The second-order valence-electron chi connectivity index (χ2n) is 6.14. The fourth-order valence-electron chi connectivity index (χ4n) is 3.12. The molecule has 1 fully saturated rings. The molecule has 5 heteroatoms. The van der Waals surface area contributed by atoms with Gasteiger partial charge in [-0.2, -0.15) is 0 Å². The third kappa shape index (κ3) is 4.38. The van der Waals surface area contributed by atoms with E-state index >= 15 is 0 Å². The lowest BCUT2D eigenvalue weighted by atomic mass is 9.87. The minimum atomic E-state index is -0.685. The molecule has 1 aromatic carbocycles. The maximum atomic E-state index is 12.7. The largest absolute Gasteiger partial charge is 0.447 e. The molecule has 1 atom stereocenters. The number of carbonyl (C=O) groups is 2. The molecular formula is C19H24ClNO3. The first-order chi connectivity index (χ1) is 11.6. The van der Waals surface area contributed by atoms with Gasteiger partial charge >= 0.3 is 6.09 Å². The highest BCUT2D eigenvalue weighted by molar-refractivity contribution is 6.18. The summed E-state index contributed by atoms with van der Waals surface area (Å²) in [6, 6.07) is 9.82. The maximum absolute atomic E-state index is 12.7. The molecule has 0 unspecified atom stereocenters. The van der Waals surface area contributed by atoms with Crippen molar-refractivity contribution in [1.29, 1.82) is 0 Å². The van der Waals surface area contributed by atoms with Crippen LogP contribution < -0.4 is 0 Å². The summed E-state index contributed by atoms with van der Waals surface area (Å²) in [5.74, 6) is 0.187. The average molecular weight is 350 g/mol. The summed E-state index contributed by atoms with van der Waals surface area (Å²) in [7, 11) is 0. The highest BCUT2D eigenvalue weighted by Gasteiger charge is 2.50. The number of imide groups is 1. The molecule has 2 amide bonds. The Hall–Kier alpha value is -1.81. The molecule has 0 radical (unpaired) electrons. The van der Waals surface area contributed by atoms with E-state index in [1.165, 1.54) is 4.90 Å². The van der Waals surface area contributed by atoms with Gasteiger partial charge in [0.1, 0.15) is 6.61 Å². The summed E-state index contributed by atoms with van der Waals surface area (Å²) in [5.41, 5.74) is 0.376. The fourth-order valence-corrected chi connectivity index (χ4v) is 3.47. The van der Waals surface area contributed by atoms with Gasteiger partial charge in [0, 0.05) is 12.3 Å². The number of alkyl halides is 1. The summed E-state index contributed by atoms with van der Waals surface area (Å²) in [4.78, 5) is 26.2. The van der Waals surface area contributed by atoms with Crippen LogP contribution in [0.1, 0.15) is 37.7 Å². The number of carbonyl (C=O) groups excluding carboxylic acids is 2. The molecule has 1 heterocycles. The Kier molecular flexibility index (Phi) is 6.85. The van der Waals surface area contributed by atoms with Gasteiger partial charge in [0.15, 0.2) is 0 Å². The summed E-state index contributed by atoms with van der Waals surface area (Å²) in [5, 5.41) is 0. The Morgan fingerprint density at radius 2 is 2.08 bits per heavy atom. The number of ether oxygens (including phenoxy) is 1. The third-order valence-corrected chi connectivity index (χ3v) is 4.54. The molecule has 0 spiro atoms. The second-order valence-corrected chi connectivity index (χ2v) is 6.52. The van der Waals surface area contributed by atoms with Crippen LogP contribution in [0.3, 0.4) is 0 Å². The minimum Gasteiger partial charge on any atom is -0.447 e. The zero-order valence-corrected chi connectivity index (χ0v) is 14.6. The van der Waals surface area contributed by atoms with Gasteiger partial charge in [-0.25, -0.2) is 9.69 Å². The van der Waals surface area contributed by atoms with E-state index in [9.17, 15) is 9.59 Å². The van der Waals surface area contributed by atoms with Crippen molar-refractivity contribution in [2.75, 3.05) is 12.5 Å². The van der Waals surface area contributed by atoms with Crippen LogP contribution in [0, 0.1) is 0 Å². The molecule has 2 rings (SSSR count). The molecule has 0 saturated carbocycles. The van der Waals surface area contributed by atoms with Crippen LogP contribution in [0.4, 0.5) is 4.79 Å². The number of allylic oxidation sites excluding steroid dienone is 1. The minimum absolute atomic E-state index is 0.178. The summed E-state index contributed by atoms with van der Waals surface area (Å²) in [6.45, 7) is 3.88. The van der Waals surface area contributed by atoms with Gasteiger partial charge < -0.3 is 4.74 Å². The summed E-state index contributed by atoms with van der Waals surface area (Å²) >= 11 is 5.98. The smallest absolute Gasteiger partial charge is 0.417 e. The number of hydrogen-bond acceptors (Lipinski definition) is 3. The first kappa shape index (κ1) is 18.5. The van der Waals surface area contributed by atoms with E-state index in [0.29, 0.717) is 25.1 Å². The van der Waals surface area contributed by atoms with Crippen molar-refractivity contribution < 1.29 is 14.3 Å². The molecule has 130 valence electrons. The molecule has 0 aliphatic carbocycles. The molecule has 1 saturated heterocycles. The Bertz CT molecular complexity index is 575. The van der Waals surface area contributed by atoms with Crippen molar-refractivity contribution in [2.45, 2.75) is 44.1 Å². The normalized spacial score (nSPS) is 20.0. The van der Waals surface area contributed by atoms with Gasteiger partial charge in [-0.15, -0.1) is 18.2 Å². The lowest BCUT2D eigenvalue weighted by molar-refractivity contribution is -0.131. The summed E-state index contributed by atoms with van der Waals surface area (Å²) < 4.78 is 5.25. The van der Waals surface area contributed by atoms with Gasteiger partial charge in [-0.1, -0.05) is 36.4 Å². The van der Waals surface area contributed by atoms with Crippen molar-refractivity contribution >= 4 is 23.6 Å². The van der Waals surface area contributed by atoms with Crippen LogP contribution >= 0.6 is 11.6 Å². The van der Waals surface area contributed by atoms with Gasteiger partial charge in [0.2, 0.25) is 5.91 Å². The molecule has 0 bridgehead atoms. The molecular weight excluding hydrogens is 326 g/mol. The van der Waals surface area contributed by atoms with Gasteiger partial charge in [-0.3, -0.25) is 4.79 Å². The quantitative estimate of drug-likeness (QED) is 0.379. The van der Waals surface area contributed by atoms with Crippen LogP contribution in [0.25, 0.3) is 0 Å². The molecule has 1 aliphatic heterocycles. The number of benzene rings is 1. The first-order valence-electron chi connectivity index (χ1n) is 8.33. The van der Waals surface area contributed by atoms with Crippen molar-refractivity contribution in [2.24, 2.45) is 0 Å². The Morgan fingerprint density at radius 3 is 2.75 bits per heavy atom. The lowest BCUT2D eigenvalue weighted by Crippen LogP contribution is -2.52. The SMILES string of the molecule is C=CCCCCC(=O)N1C(=O)OC[C@@]1(CCCl)Cc1ccccc1. The maximum Gasteiger partial charge on any atom is 0.417 e. The number of cyclic esters (lactones) is 1. The van der Waals surface area contributed by atoms with Crippen LogP contribution in [0.2, 0.25) is 0 Å². The van der Waals surface area contributed by atoms with E-state index in [4.69, 9.17) is 16.3 Å². The van der Waals surface area contributed by atoms with Gasteiger partial charge in [0.05, 0.1) is 5.54 Å². The van der Waals surface area contributed by atoms with Crippen LogP contribution in [-0.4, -0.2) is 34.9 Å². The van der Waals surface area contributed by atoms with E-state index in [0.717, 1.165) is 24.8 Å². The highest BCUT2D eigenvalue weighted by atomic mass is 35.5. The molecule has 4 nitrogen and oxygen atoms in total. The number of nitrogens with zero attached hydrogens (tertiary/aromatic N) is 1. The number of amides is 2. The van der Waals surface area contributed by atoms with E-state index in [2.05, 4.69) is 6.58 Å². The van der Waals surface area contributed by atoms with E-state index in [1.54, 1.807) is 0 Å². The molecule has 0 N–H and O–H groups in total. The molecule has 1 aliphatic rings. The van der Waals surface area contributed by atoms with Crippen LogP contribution in [0.15, 0.2) is 43.0 Å². The predicted molar refractivity (Wildman–Crippen MR) is 95.1 cm³/mol. The monoisotopic (exact) mass is 349 g/mol. The van der Waals surface area contributed by atoms with Crippen LogP contribution in [0.5, 0.6) is 0 Å². The number of unbranched alkanes of at least 4 members (excludes halogenated alkanes) is 2. The van der Waals surface area contributed by atoms with Crippen molar-refractivity contribution in [1.82, 2.24) is 4.90 Å². The standard InChI is InChI=1S/C19H24ClNO3/c1-2-3-4-8-11-17(22)21-18(23)24-15-19(21,12-13-20)14-16-9-6-5-7-10-16/h2,5-7,9-10H,1,3-4,8,11-15H2/t19-/m1/s1. The van der Waals surface area contributed by atoms with Crippen molar-refractivity contribution in [3.8, 4) is 0 Å². The second kappa shape index (κ2) is 8.88. The molecule has 1 aromatic rings. The van der Waals surface area contributed by atoms with E-state index < -0.39 is 11.6 Å². The summed E-state index contributed by atoms with van der Waals surface area (Å²) in [6.07, 6.45) is 5.19.